The van der Waals surface area contributed by atoms with Gasteiger partial charge in [-0.05, 0) is 88.4 Å². The third-order valence-corrected chi connectivity index (χ3v) is 11.7. The molecular weight excluding hydrogens is 474 g/mol. The number of hydrogen-bond donors (Lipinski definition) is 0. The third-order valence-electron chi connectivity index (χ3n) is 9.78. The monoisotopic (exact) mass is 515 g/mol. The fraction of sp³-hybridized carbons (Fsp3) is 0.750. The van der Waals surface area contributed by atoms with Crippen LogP contribution in [0.5, 0.6) is 0 Å². The van der Waals surface area contributed by atoms with Crippen molar-refractivity contribution in [3.8, 4) is 0 Å². The Morgan fingerprint density at radius 1 is 1.03 bits per heavy atom. The number of sulfonamides is 1. The van der Waals surface area contributed by atoms with Crippen LogP contribution in [-0.4, -0.2) is 78.2 Å². The number of hydrogen-bond acceptors (Lipinski definition) is 5. The number of carbonyl (C=O) groups excluding carboxylic acids is 1. The minimum atomic E-state index is -3.24. The average Bonchev–Trinajstić information content (AvgIpc) is 3.11. The van der Waals surface area contributed by atoms with Gasteiger partial charge in [-0.3, -0.25) is 0 Å². The first-order chi connectivity index (χ1) is 17.4. The molecule has 36 heavy (non-hydrogen) atoms. The van der Waals surface area contributed by atoms with Gasteiger partial charge in [-0.1, -0.05) is 31.2 Å². The fourth-order valence-corrected chi connectivity index (χ4v) is 9.16. The first-order valence-corrected chi connectivity index (χ1v) is 15.8. The molecule has 0 radical (unpaired) electrons. The van der Waals surface area contributed by atoms with E-state index in [-0.39, 0.29) is 23.4 Å². The van der Waals surface area contributed by atoms with Gasteiger partial charge >= 0.3 is 6.09 Å². The summed E-state index contributed by atoms with van der Waals surface area (Å²) in [6.45, 7) is 5.04. The van der Waals surface area contributed by atoms with Crippen molar-refractivity contribution >= 4 is 16.1 Å². The lowest BCUT2D eigenvalue weighted by Crippen LogP contribution is -2.58. The third kappa shape index (κ3) is 4.37. The van der Waals surface area contributed by atoms with E-state index >= 15 is 0 Å². The van der Waals surface area contributed by atoms with E-state index in [4.69, 9.17) is 4.74 Å². The van der Waals surface area contributed by atoms with E-state index in [0.717, 1.165) is 64.5 Å². The van der Waals surface area contributed by atoms with E-state index in [2.05, 4.69) is 28.0 Å². The van der Waals surface area contributed by atoms with Crippen molar-refractivity contribution in [1.29, 1.82) is 0 Å². The van der Waals surface area contributed by atoms with Gasteiger partial charge in [0.25, 0.3) is 0 Å². The zero-order valence-corrected chi connectivity index (χ0v) is 22.4. The number of piperidine rings is 2. The summed E-state index contributed by atoms with van der Waals surface area (Å²) in [5.74, 6) is 0.224. The second-order valence-electron chi connectivity index (χ2n) is 11.9. The van der Waals surface area contributed by atoms with Crippen molar-refractivity contribution < 1.29 is 17.9 Å². The number of rotatable bonds is 5. The molecule has 3 saturated heterocycles. The van der Waals surface area contributed by atoms with Gasteiger partial charge in [-0.15, -0.1) is 0 Å². The maximum absolute atomic E-state index is 13.1. The number of nitrogens with zero attached hydrogens (tertiary/aromatic N) is 3. The van der Waals surface area contributed by atoms with Gasteiger partial charge in [0.1, 0.15) is 6.10 Å². The van der Waals surface area contributed by atoms with Gasteiger partial charge in [0.05, 0.1) is 5.75 Å². The minimum absolute atomic E-state index is 0.0737. The van der Waals surface area contributed by atoms with Gasteiger partial charge in [-0.25, -0.2) is 13.2 Å². The van der Waals surface area contributed by atoms with Crippen LogP contribution < -0.4 is 0 Å². The van der Waals surface area contributed by atoms with Crippen LogP contribution in [0.15, 0.2) is 24.3 Å². The van der Waals surface area contributed by atoms with E-state index in [1.165, 1.54) is 17.5 Å². The predicted molar refractivity (Wildman–Crippen MR) is 139 cm³/mol. The molecule has 4 aliphatic heterocycles. The van der Waals surface area contributed by atoms with Crippen molar-refractivity contribution in [2.24, 2.45) is 0 Å². The lowest BCUT2D eigenvalue weighted by Gasteiger charge is -2.51. The second kappa shape index (κ2) is 9.59. The molecule has 1 saturated carbocycles. The molecule has 1 amide bonds. The van der Waals surface area contributed by atoms with Crippen molar-refractivity contribution in [2.75, 3.05) is 25.4 Å². The number of ether oxygens (including phenoxy) is 1. The van der Waals surface area contributed by atoms with Crippen LogP contribution in [0.1, 0.15) is 82.3 Å². The van der Waals surface area contributed by atoms with Gasteiger partial charge < -0.3 is 14.5 Å². The van der Waals surface area contributed by atoms with Gasteiger partial charge in [0.2, 0.25) is 10.0 Å². The topological polar surface area (TPSA) is 70.2 Å². The van der Waals surface area contributed by atoms with Crippen molar-refractivity contribution in [2.45, 2.75) is 107 Å². The van der Waals surface area contributed by atoms with Gasteiger partial charge in [-0.2, -0.15) is 4.31 Å². The zero-order valence-electron chi connectivity index (χ0n) is 21.6. The summed E-state index contributed by atoms with van der Waals surface area (Å²) in [4.78, 5) is 17.6. The summed E-state index contributed by atoms with van der Waals surface area (Å²) >= 11 is 0. The zero-order chi connectivity index (χ0) is 24.9. The highest BCUT2D eigenvalue weighted by molar-refractivity contribution is 7.89. The lowest BCUT2D eigenvalue weighted by molar-refractivity contribution is -0.00706. The predicted octanol–water partition coefficient (Wildman–Crippen LogP) is 4.26. The molecule has 7 nitrogen and oxygen atoms in total. The Morgan fingerprint density at radius 3 is 2.36 bits per heavy atom. The Kier molecular flexibility index (Phi) is 6.57. The van der Waals surface area contributed by atoms with Crippen molar-refractivity contribution in [3.63, 3.8) is 0 Å². The molecule has 1 aromatic carbocycles. The number of carbonyl (C=O) groups is 1. The normalized spacial score (nSPS) is 30.7. The Morgan fingerprint density at radius 2 is 1.72 bits per heavy atom. The SMILES string of the molecule is CCCS(=O)(=O)N1Cc2ccccc2C2(CCN(C3CC4CCC(C3)N4C(=O)OC3CCC3)CC2)C1. The number of likely N-dealkylation sites (tertiary alicyclic amines) is 1. The number of fused-ring (bicyclic) bond motifs is 4. The molecule has 5 aliphatic rings. The highest BCUT2D eigenvalue weighted by Crippen LogP contribution is 2.45. The first kappa shape index (κ1) is 24.7. The minimum Gasteiger partial charge on any atom is -0.446 e. The summed E-state index contributed by atoms with van der Waals surface area (Å²) in [5, 5.41) is 0. The van der Waals surface area contributed by atoms with E-state index in [1.54, 1.807) is 4.31 Å². The first-order valence-electron chi connectivity index (χ1n) is 14.2. The molecule has 6 rings (SSSR count). The molecule has 2 atom stereocenters. The van der Waals surface area contributed by atoms with Crippen LogP contribution in [0.4, 0.5) is 4.79 Å². The lowest BCUT2D eigenvalue weighted by atomic mass is 9.69. The van der Waals surface area contributed by atoms with Crippen LogP contribution in [0, 0.1) is 0 Å². The molecule has 2 unspecified atom stereocenters. The van der Waals surface area contributed by atoms with Crippen LogP contribution in [0.2, 0.25) is 0 Å². The average molecular weight is 516 g/mol. The summed E-state index contributed by atoms with van der Waals surface area (Å²) < 4.78 is 33.7. The molecule has 4 heterocycles. The molecule has 198 valence electrons. The molecule has 0 N–H and O–H groups in total. The van der Waals surface area contributed by atoms with E-state index in [9.17, 15) is 13.2 Å². The van der Waals surface area contributed by atoms with Crippen LogP contribution in [0.3, 0.4) is 0 Å². The van der Waals surface area contributed by atoms with Crippen LogP contribution in [-0.2, 0) is 26.7 Å². The molecule has 0 aromatic heterocycles. The van der Waals surface area contributed by atoms with E-state index in [1.807, 2.05) is 13.0 Å². The maximum atomic E-state index is 13.1. The fourth-order valence-electron chi connectivity index (χ4n) is 7.61. The molecule has 4 fully saturated rings. The quantitative estimate of drug-likeness (QED) is 0.586. The molecule has 1 aliphatic carbocycles. The summed E-state index contributed by atoms with van der Waals surface area (Å²) in [5.41, 5.74) is 2.44. The standard InChI is InChI=1S/C28H41N3O4S/c1-2-16-36(33,34)30-19-21-6-3-4-9-26(21)28(20-30)12-14-29(15-13-28)24-17-22-10-11-23(18-24)31(22)27(32)35-25-7-5-8-25/h3-4,6,9,22-25H,2,5,7-8,10-20H2,1H3. The highest BCUT2D eigenvalue weighted by Gasteiger charge is 2.49. The maximum Gasteiger partial charge on any atom is 0.410 e. The van der Waals surface area contributed by atoms with E-state index in [0.29, 0.717) is 37.6 Å². The highest BCUT2D eigenvalue weighted by atomic mass is 32.2. The molecule has 1 spiro atoms. The van der Waals surface area contributed by atoms with E-state index < -0.39 is 10.0 Å². The van der Waals surface area contributed by atoms with Crippen LogP contribution >= 0.6 is 0 Å². The van der Waals surface area contributed by atoms with Gasteiger partial charge in [0, 0.05) is 36.6 Å². The Bertz CT molecular complexity index is 1070. The molecular formula is C28H41N3O4S. The Balaban J connectivity index is 1.14. The molecule has 1 aromatic rings. The van der Waals surface area contributed by atoms with Crippen molar-refractivity contribution in [3.05, 3.63) is 35.4 Å². The number of benzene rings is 1. The Hall–Kier alpha value is -1.64. The molecule has 8 heteroatoms. The van der Waals surface area contributed by atoms with Gasteiger partial charge in [0.15, 0.2) is 0 Å². The van der Waals surface area contributed by atoms with Crippen LogP contribution in [0.25, 0.3) is 0 Å². The number of amides is 1. The summed E-state index contributed by atoms with van der Waals surface area (Å²) in [6.07, 6.45) is 10.2. The summed E-state index contributed by atoms with van der Waals surface area (Å²) in [7, 11) is -3.24. The van der Waals surface area contributed by atoms with Crippen molar-refractivity contribution in [1.82, 2.24) is 14.1 Å². The summed E-state index contributed by atoms with van der Waals surface area (Å²) in [6, 6.07) is 9.63. The smallest absolute Gasteiger partial charge is 0.410 e. The molecule has 2 bridgehead atoms. The Labute approximate surface area is 216 Å². The second-order valence-corrected chi connectivity index (χ2v) is 14.0. The largest absolute Gasteiger partial charge is 0.446 e.